The Balaban J connectivity index is 2.85. The summed E-state index contributed by atoms with van der Waals surface area (Å²) in [5, 5.41) is 0.867. The standard InChI is InChI=1S/C8H3BrN2O2/c9-4-1-2-5-6(3-4)11-8(13)7(12)10-5/h1-3H. The first-order valence-electron chi connectivity index (χ1n) is 3.48. The van der Waals surface area contributed by atoms with Crippen LogP contribution in [0.5, 0.6) is 0 Å². The molecule has 1 heterocycles. The summed E-state index contributed by atoms with van der Waals surface area (Å²) in [6.45, 7) is 0. The Kier molecular flexibility index (Phi) is 1.81. The van der Waals surface area contributed by atoms with E-state index in [4.69, 9.17) is 0 Å². The molecule has 0 saturated heterocycles. The summed E-state index contributed by atoms with van der Waals surface area (Å²) in [5.41, 5.74) is 0. The maximum absolute atomic E-state index is 10.8. The van der Waals surface area contributed by atoms with Crippen LogP contribution < -0.4 is 10.7 Å². The van der Waals surface area contributed by atoms with Crippen LogP contribution in [0.2, 0.25) is 0 Å². The highest BCUT2D eigenvalue weighted by atomic mass is 79.9. The Labute approximate surface area is 81.1 Å². The molecule has 0 radical (unpaired) electrons. The fraction of sp³-hybridized carbons (Fsp3) is 0. The Bertz CT molecular complexity index is 521. The molecule has 4 nitrogen and oxygen atoms in total. The van der Waals surface area contributed by atoms with Gasteiger partial charge in [0.2, 0.25) is 0 Å². The second-order valence-corrected chi connectivity index (χ2v) is 3.38. The van der Waals surface area contributed by atoms with Gasteiger partial charge >= 0.3 is 11.8 Å². The zero-order chi connectivity index (χ0) is 9.42. The normalized spacial score (nSPS) is 14.5. The zero-order valence-electron chi connectivity index (χ0n) is 6.32. The third-order valence-electron chi connectivity index (χ3n) is 1.56. The first-order chi connectivity index (χ1) is 6.16. The van der Waals surface area contributed by atoms with E-state index in [1.807, 2.05) is 0 Å². The van der Waals surface area contributed by atoms with Crippen molar-refractivity contribution >= 4 is 27.7 Å². The third-order valence-corrected chi connectivity index (χ3v) is 2.06. The van der Waals surface area contributed by atoms with Crippen molar-refractivity contribution in [1.29, 1.82) is 0 Å². The summed E-state index contributed by atoms with van der Waals surface area (Å²) in [5.74, 6) is -1.62. The molecule has 2 amide bonds. The smallest absolute Gasteiger partial charge is 0.261 e. The van der Waals surface area contributed by atoms with Crippen LogP contribution >= 0.6 is 15.9 Å². The van der Waals surface area contributed by atoms with Crippen molar-refractivity contribution in [3.63, 3.8) is 0 Å². The summed E-state index contributed by atoms with van der Waals surface area (Å²) in [7, 11) is 0. The molecule has 0 unspecified atom stereocenters. The first kappa shape index (κ1) is 8.25. The molecule has 0 spiro atoms. The number of nitrogens with zero attached hydrogens (tertiary/aromatic N) is 2. The second-order valence-electron chi connectivity index (χ2n) is 2.47. The summed E-state index contributed by atoms with van der Waals surface area (Å²) >= 11 is 3.23. The van der Waals surface area contributed by atoms with Gasteiger partial charge in [0.05, 0.1) is 10.7 Å². The number of fused-ring (bicyclic) bond motifs is 1. The van der Waals surface area contributed by atoms with Crippen LogP contribution in [-0.2, 0) is 9.59 Å². The van der Waals surface area contributed by atoms with Gasteiger partial charge in [0.1, 0.15) is 0 Å². The molecule has 5 heteroatoms. The number of hydrogen-bond acceptors (Lipinski definition) is 2. The average molecular weight is 239 g/mol. The Morgan fingerprint density at radius 1 is 1.00 bits per heavy atom. The molecule has 1 aromatic rings. The molecular weight excluding hydrogens is 236 g/mol. The number of rotatable bonds is 0. The monoisotopic (exact) mass is 238 g/mol. The Morgan fingerprint density at radius 2 is 1.62 bits per heavy atom. The summed E-state index contributed by atoms with van der Waals surface area (Å²) < 4.78 is 0.798. The average Bonchev–Trinajstić information content (AvgIpc) is 2.08. The third kappa shape index (κ3) is 1.42. The SMILES string of the molecule is O=C1N=c2ccc(Br)cc2=NC1=O. The first-order valence-corrected chi connectivity index (χ1v) is 4.27. The van der Waals surface area contributed by atoms with Crippen LogP contribution in [0.4, 0.5) is 0 Å². The highest BCUT2D eigenvalue weighted by Crippen LogP contribution is 2.02. The van der Waals surface area contributed by atoms with E-state index in [9.17, 15) is 9.59 Å². The van der Waals surface area contributed by atoms with Gasteiger partial charge in [0.25, 0.3) is 0 Å². The summed E-state index contributed by atoms with van der Waals surface area (Å²) in [4.78, 5) is 28.8. The zero-order valence-corrected chi connectivity index (χ0v) is 7.91. The molecule has 0 bridgehead atoms. The molecule has 13 heavy (non-hydrogen) atoms. The van der Waals surface area contributed by atoms with Crippen molar-refractivity contribution in [1.82, 2.24) is 0 Å². The molecule has 1 aliphatic heterocycles. The van der Waals surface area contributed by atoms with Crippen LogP contribution in [-0.4, -0.2) is 11.8 Å². The minimum atomic E-state index is -0.814. The van der Waals surface area contributed by atoms with E-state index in [2.05, 4.69) is 25.9 Å². The predicted molar refractivity (Wildman–Crippen MR) is 46.5 cm³/mol. The van der Waals surface area contributed by atoms with Crippen LogP contribution in [0.15, 0.2) is 32.7 Å². The van der Waals surface area contributed by atoms with Crippen molar-refractivity contribution in [3.05, 3.63) is 33.4 Å². The summed E-state index contributed by atoms with van der Waals surface area (Å²) in [6.07, 6.45) is 0. The fourth-order valence-corrected chi connectivity index (χ4v) is 1.34. The van der Waals surface area contributed by atoms with Gasteiger partial charge in [0, 0.05) is 4.47 Å². The molecule has 0 atom stereocenters. The van der Waals surface area contributed by atoms with Gasteiger partial charge in [0.15, 0.2) is 0 Å². The van der Waals surface area contributed by atoms with E-state index in [1.54, 1.807) is 18.2 Å². The predicted octanol–water partition coefficient (Wildman–Crippen LogP) is -0.245. The molecule has 1 aromatic carbocycles. The van der Waals surface area contributed by atoms with Crippen molar-refractivity contribution in [2.45, 2.75) is 0 Å². The van der Waals surface area contributed by atoms with E-state index >= 15 is 0 Å². The molecule has 0 aliphatic carbocycles. The highest BCUT2D eigenvalue weighted by molar-refractivity contribution is 9.10. The lowest BCUT2D eigenvalue weighted by atomic mass is 10.3. The van der Waals surface area contributed by atoms with Crippen LogP contribution in [0.3, 0.4) is 0 Å². The van der Waals surface area contributed by atoms with Crippen molar-refractivity contribution in [2.75, 3.05) is 0 Å². The molecule has 64 valence electrons. The second kappa shape index (κ2) is 2.85. The molecular formula is C8H3BrN2O2. The lowest BCUT2D eigenvalue weighted by molar-refractivity contribution is -0.135. The number of hydrogen-bond donors (Lipinski definition) is 0. The van der Waals surface area contributed by atoms with Crippen molar-refractivity contribution < 1.29 is 9.59 Å². The van der Waals surface area contributed by atoms with E-state index < -0.39 is 11.8 Å². The van der Waals surface area contributed by atoms with E-state index in [0.717, 1.165) is 4.47 Å². The van der Waals surface area contributed by atoms with Crippen LogP contribution in [0, 0.1) is 0 Å². The van der Waals surface area contributed by atoms with E-state index in [1.165, 1.54) is 0 Å². The van der Waals surface area contributed by atoms with Gasteiger partial charge in [-0.05, 0) is 18.2 Å². The Hall–Kier alpha value is -1.36. The van der Waals surface area contributed by atoms with Crippen LogP contribution in [0.1, 0.15) is 0 Å². The van der Waals surface area contributed by atoms with Gasteiger partial charge in [-0.1, -0.05) is 15.9 Å². The van der Waals surface area contributed by atoms with Gasteiger partial charge < -0.3 is 0 Å². The molecule has 0 N–H and O–H groups in total. The van der Waals surface area contributed by atoms with Gasteiger partial charge in [-0.15, -0.1) is 0 Å². The quantitative estimate of drug-likeness (QED) is 0.586. The maximum atomic E-state index is 10.8. The summed E-state index contributed by atoms with van der Waals surface area (Å²) in [6, 6.07) is 5.01. The van der Waals surface area contributed by atoms with Crippen LogP contribution in [0.25, 0.3) is 0 Å². The largest absolute Gasteiger partial charge is 0.338 e. The lowest BCUT2D eigenvalue weighted by Gasteiger charge is -1.96. The maximum Gasteiger partial charge on any atom is 0.338 e. The number of carbonyl (C=O) groups is 2. The van der Waals surface area contributed by atoms with Gasteiger partial charge in [-0.25, -0.2) is 9.98 Å². The lowest BCUT2D eigenvalue weighted by Crippen LogP contribution is -2.34. The number of amides is 2. The highest BCUT2D eigenvalue weighted by Gasteiger charge is 2.14. The number of halogens is 1. The Morgan fingerprint density at radius 3 is 2.31 bits per heavy atom. The molecule has 0 saturated carbocycles. The van der Waals surface area contributed by atoms with Gasteiger partial charge in [-0.2, -0.15) is 0 Å². The van der Waals surface area contributed by atoms with Gasteiger partial charge in [-0.3, -0.25) is 9.59 Å². The molecule has 2 rings (SSSR count). The topological polar surface area (TPSA) is 58.9 Å². The van der Waals surface area contributed by atoms with E-state index in [-0.39, 0.29) is 0 Å². The molecule has 0 aromatic heterocycles. The number of benzene rings is 1. The minimum Gasteiger partial charge on any atom is -0.261 e. The molecule has 1 aliphatic rings. The fourth-order valence-electron chi connectivity index (χ4n) is 0.995. The van der Waals surface area contributed by atoms with E-state index in [0.29, 0.717) is 10.7 Å². The minimum absolute atomic E-state index is 0.430. The van der Waals surface area contributed by atoms with Crippen molar-refractivity contribution in [2.24, 2.45) is 9.98 Å². The van der Waals surface area contributed by atoms with Crippen molar-refractivity contribution in [3.8, 4) is 0 Å². The molecule has 0 fully saturated rings. The number of carbonyl (C=O) groups excluding carboxylic acids is 2.